The number of anilines is 3. The molecule has 0 fully saturated rings. The molecule has 0 heterocycles. The van der Waals surface area contributed by atoms with Crippen LogP contribution in [0.2, 0.25) is 0 Å². The van der Waals surface area contributed by atoms with Gasteiger partial charge in [0.2, 0.25) is 0 Å². The van der Waals surface area contributed by atoms with Crippen LogP contribution in [0.15, 0.2) is 162 Å². The SMILES string of the molecule is Brc1cccc(N(c2ccccc2)c2cccc3c2C(c2ccccc2)(c2ccccc2)c2ccccc2-3)c1. The van der Waals surface area contributed by atoms with Gasteiger partial charge in [-0.3, -0.25) is 0 Å². The van der Waals surface area contributed by atoms with Gasteiger partial charge < -0.3 is 4.90 Å². The van der Waals surface area contributed by atoms with Crippen LogP contribution in [0, 0.1) is 0 Å². The Bertz CT molecular complexity index is 1720. The van der Waals surface area contributed by atoms with Crippen molar-refractivity contribution in [2.45, 2.75) is 5.41 Å². The zero-order valence-electron chi connectivity index (χ0n) is 21.3. The van der Waals surface area contributed by atoms with Gasteiger partial charge >= 0.3 is 0 Å². The van der Waals surface area contributed by atoms with E-state index in [9.17, 15) is 0 Å². The molecular weight excluding hydrogens is 538 g/mol. The van der Waals surface area contributed by atoms with Crippen LogP contribution in [0.1, 0.15) is 22.3 Å². The van der Waals surface area contributed by atoms with Crippen molar-refractivity contribution in [1.82, 2.24) is 0 Å². The first-order valence-corrected chi connectivity index (χ1v) is 14.0. The second-order valence-electron chi connectivity index (χ2n) is 9.88. The van der Waals surface area contributed by atoms with Gasteiger partial charge in [0.1, 0.15) is 0 Å². The molecule has 1 aliphatic rings. The summed E-state index contributed by atoms with van der Waals surface area (Å²) in [6.07, 6.45) is 0. The van der Waals surface area contributed by atoms with Gasteiger partial charge in [-0.1, -0.05) is 137 Å². The summed E-state index contributed by atoms with van der Waals surface area (Å²) in [6, 6.07) is 56.9. The molecule has 0 saturated carbocycles. The summed E-state index contributed by atoms with van der Waals surface area (Å²) < 4.78 is 1.05. The first kappa shape index (κ1) is 23.7. The third kappa shape index (κ3) is 3.75. The maximum absolute atomic E-state index is 3.73. The summed E-state index contributed by atoms with van der Waals surface area (Å²) in [5.74, 6) is 0. The lowest BCUT2D eigenvalue weighted by Gasteiger charge is -2.37. The molecule has 186 valence electrons. The molecule has 6 aromatic rings. The van der Waals surface area contributed by atoms with E-state index in [1.54, 1.807) is 0 Å². The molecule has 0 radical (unpaired) electrons. The highest BCUT2D eigenvalue weighted by molar-refractivity contribution is 9.10. The number of fused-ring (bicyclic) bond motifs is 3. The quantitative estimate of drug-likeness (QED) is 0.201. The topological polar surface area (TPSA) is 3.24 Å². The van der Waals surface area contributed by atoms with Crippen molar-refractivity contribution in [3.8, 4) is 11.1 Å². The largest absolute Gasteiger partial charge is 0.310 e. The van der Waals surface area contributed by atoms with Gasteiger partial charge in [-0.05, 0) is 64.2 Å². The Morgan fingerprint density at radius 1 is 0.462 bits per heavy atom. The van der Waals surface area contributed by atoms with Gasteiger partial charge in [-0.2, -0.15) is 0 Å². The van der Waals surface area contributed by atoms with E-state index in [1.807, 2.05) is 0 Å². The van der Waals surface area contributed by atoms with E-state index in [0.717, 1.165) is 15.8 Å². The van der Waals surface area contributed by atoms with Crippen LogP contribution in [-0.2, 0) is 5.41 Å². The summed E-state index contributed by atoms with van der Waals surface area (Å²) in [7, 11) is 0. The Labute approximate surface area is 238 Å². The van der Waals surface area contributed by atoms with Gasteiger partial charge in [0.25, 0.3) is 0 Å². The van der Waals surface area contributed by atoms with Crippen LogP contribution in [0.3, 0.4) is 0 Å². The number of halogens is 1. The standard InChI is InChI=1S/C37H26BrN/c38-29-18-12-21-31(26-29)39(30-19-8-3-9-20-30)35-25-13-23-33-32-22-10-11-24-34(32)37(36(33)35,27-14-4-1-5-15-27)28-16-6-2-7-17-28/h1-26H. The molecule has 39 heavy (non-hydrogen) atoms. The maximum atomic E-state index is 3.73. The predicted octanol–water partition coefficient (Wildman–Crippen LogP) is 10.3. The molecule has 0 unspecified atom stereocenters. The first-order valence-electron chi connectivity index (χ1n) is 13.2. The number of nitrogens with zero attached hydrogens (tertiary/aromatic N) is 1. The highest BCUT2D eigenvalue weighted by Gasteiger charge is 2.48. The lowest BCUT2D eigenvalue weighted by molar-refractivity contribution is 0.768. The van der Waals surface area contributed by atoms with Crippen molar-refractivity contribution in [2.24, 2.45) is 0 Å². The fourth-order valence-electron chi connectivity index (χ4n) is 6.29. The van der Waals surface area contributed by atoms with Crippen molar-refractivity contribution in [3.63, 3.8) is 0 Å². The van der Waals surface area contributed by atoms with Crippen molar-refractivity contribution >= 4 is 33.0 Å². The Kier molecular flexibility index (Phi) is 5.91. The molecule has 7 rings (SSSR count). The molecule has 0 N–H and O–H groups in total. The molecule has 0 saturated heterocycles. The van der Waals surface area contributed by atoms with Crippen LogP contribution in [0.5, 0.6) is 0 Å². The number of hydrogen-bond acceptors (Lipinski definition) is 1. The molecule has 0 bridgehead atoms. The Morgan fingerprint density at radius 2 is 1.00 bits per heavy atom. The summed E-state index contributed by atoms with van der Waals surface area (Å²) in [4.78, 5) is 2.40. The highest BCUT2D eigenvalue weighted by atomic mass is 79.9. The summed E-state index contributed by atoms with van der Waals surface area (Å²) >= 11 is 3.73. The Balaban J connectivity index is 1.64. The van der Waals surface area contributed by atoms with E-state index >= 15 is 0 Å². The van der Waals surface area contributed by atoms with E-state index < -0.39 is 5.41 Å². The summed E-state index contributed by atoms with van der Waals surface area (Å²) in [5.41, 5.74) is 10.6. The molecule has 0 spiro atoms. The number of rotatable bonds is 5. The van der Waals surface area contributed by atoms with Crippen LogP contribution in [-0.4, -0.2) is 0 Å². The molecule has 0 atom stereocenters. The smallest absolute Gasteiger partial charge is 0.0734 e. The van der Waals surface area contributed by atoms with Crippen molar-refractivity contribution in [2.75, 3.05) is 4.90 Å². The zero-order valence-corrected chi connectivity index (χ0v) is 22.9. The van der Waals surface area contributed by atoms with Gasteiger partial charge in [0, 0.05) is 21.4 Å². The molecule has 0 amide bonds. The van der Waals surface area contributed by atoms with Crippen molar-refractivity contribution < 1.29 is 0 Å². The lowest BCUT2D eigenvalue weighted by Crippen LogP contribution is -2.30. The minimum Gasteiger partial charge on any atom is -0.310 e. The fourth-order valence-corrected chi connectivity index (χ4v) is 6.67. The number of benzene rings is 6. The Morgan fingerprint density at radius 3 is 1.67 bits per heavy atom. The molecular formula is C37H26BrN. The van der Waals surface area contributed by atoms with Crippen molar-refractivity contribution in [1.29, 1.82) is 0 Å². The minimum absolute atomic E-state index is 0.482. The summed E-state index contributed by atoms with van der Waals surface area (Å²) in [6.45, 7) is 0. The van der Waals surface area contributed by atoms with E-state index in [4.69, 9.17) is 0 Å². The van der Waals surface area contributed by atoms with Gasteiger partial charge in [0.05, 0.1) is 11.1 Å². The van der Waals surface area contributed by atoms with Crippen LogP contribution < -0.4 is 4.90 Å². The monoisotopic (exact) mass is 563 g/mol. The minimum atomic E-state index is -0.482. The van der Waals surface area contributed by atoms with Crippen LogP contribution in [0.25, 0.3) is 11.1 Å². The number of para-hydroxylation sites is 1. The van der Waals surface area contributed by atoms with Gasteiger partial charge in [0.15, 0.2) is 0 Å². The summed E-state index contributed by atoms with van der Waals surface area (Å²) in [5, 5.41) is 0. The molecule has 0 aliphatic heterocycles. The lowest BCUT2D eigenvalue weighted by atomic mass is 9.67. The molecule has 1 nitrogen and oxygen atoms in total. The zero-order chi connectivity index (χ0) is 26.2. The van der Waals surface area contributed by atoms with E-state index in [1.165, 1.54) is 39.1 Å². The van der Waals surface area contributed by atoms with Crippen molar-refractivity contribution in [3.05, 3.63) is 184 Å². The van der Waals surface area contributed by atoms with Crippen LogP contribution in [0.4, 0.5) is 17.1 Å². The molecule has 1 aliphatic carbocycles. The number of hydrogen-bond donors (Lipinski definition) is 0. The normalized spacial score (nSPS) is 12.9. The second kappa shape index (κ2) is 9.72. The highest BCUT2D eigenvalue weighted by Crippen LogP contribution is 2.59. The van der Waals surface area contributed by atoms with Crippen LogP contribution >= 0.6 is 15.9 Å². The molecule has 6 aromatic carbocycles. The van der Waals surface area contributed by atoms with E-state index in [0.29, 0.717) is 0 Å². The van der Waals surface area contributed by atoms with E-state index in [2.05, 4.69) is 179 Å². The molecule has 2 heteroatoms. The fraction of sp³-hybridized carbons (Fsp3) is 0.0270. The average molecular weight is 565 g/mol. The van der Waals surface area contributed by atoms with Gasteiger partial charge in [-0.25, -0.2) is 0 Å². The molecule has 0 aromatic heterocycles. The maximum Gasteiger partial charge on any atom is 0.0734 e. The van der Waals surface area contributed by atoms with Gasteiger partial charge in [-0.15, -0.1) is 0 Å². The first-order chi connectivity index (χ1) is 19.3. The average Bonchev–Trinajstić information content (AvgIpc) is 3.31. The third-order valence-corrected chi connectivity index (χ3v) is 8.27. The second-order valence-corrected chi connectivity index (χ2v) is 10.8. The van der Waals surface area contributed by atoms with E-state index in [-0.39, 0.29) is 0 Å². The Hall–Kier alpha value is -4.40. The third-order valence-electron chi connectivity index (χ3n) is 7.77. The predicted molar refractivity (Wildman–Crippen MR) is 166 cm³/mol.